The van der Waals surface area contributed by atoms with Crippen molar-refractivity contribution < 1.29 is 0 Å². The van der Waals surface area contributed by atoms with Gasteiger partial charge in [-0.2, -0.15) is 5.10 Å². The van der Waals surface area contributed by atoms with Gasteiger partial charge < -0.3 is 4.98 Å². The topological polar surface area (TPSA) is 38.5 Å². The van der Waals surface area contributed by atoms with Crippen molar-refractivity contribution in [2.24, 2.45) is 0 Å². The Hall–Kier alpha value is -1.88. The van der Waals surface area contributed by atoms with Crippen molar-refractivity contribution in [3.8, 4) is 5.69 Å². The summed E-state index contributed by atoms with van der Waals surface area (Å²) in [6.45, 7) is 6.99. The van der Waals surface area contributed by atoms with Gasteiger partial charge >= 0.3 is 0 Å². The molecule has 98 valence electrons. The van der Waals surface area contributed by atoms with Gasteiger partial charge in [-0.3, -0.25) is 4.57 Å². The fraction of sp³-hybridized carbons (Fsp3) is 0.286. The normalized spacial score (nSPS) is 11.3. The second-order valence-corrected chi connectivity index (χ2v) is 5.09. The molecule has 0 amide bonds. The predicted octanol–water partition coefficient (Wildman–Crippen LogP) is 3.52. The highest BCUT2D eigenvalue weighted by molar-refractivity contribution is 7.71. The number of nitrogens with one attached hydrogen (secondary N) is 1. The van der Waals surface area contributed by atoms with E-state index in [-0.39, 0.29) is 0 Å². The molecule has 5 heteroatoms. The van der Waals surface area contributed by atoms with Gasteiger partial charge in [0.1, 0.15) is 5.52 Å². The molecule has 0 atom stereocenters. The smallest absolute Gasteiger partial charge is 0.184 e. The van der Waals surface area contributed by atoms with Crippen LogP contribution in [-0.4, -0.2) is 19.3 Å². The standard InChI is InChI=1S/C14H16N4S/c1-4-17-13-12(10(3)16-17)15-14(19)18(13)11-7-5-6-9(2)8-11/h5-8H,4H2,1-3H3,(H,15,19). The Balaban J connectivity index is 2.40. The van der Waals surface area contributed by atoms with Crippen molar-refractivity contribution in [1.29, 1.82) is 0 Å². The molecule has 2 heterocycles. The molecule has 4 nitrogen and oxygen atoms in total. The minimum atomic E-state index is 0.711. The lowest BCUT2D eigenvalue weighted by Crippen LogP contribution is -2.03. The molecule has 0 spiro atoms. The fourth-order valence-electron chi connectivity index (χ4n) is 2.43. The Morgan fingerprint density at radius 2 is 2.11 bits per heavy atom. The van der Waals surface area contributed by atoms with E-state index in [1.165, 1.54) is 5.56 Å². The van der Waals surface area contributed by atoms with Crippen LogP contribution in [0.3, 0.4) is 0 Å². The molecule has 0 fully saturated rings. The van der Waals surface area contributed by atoms with E-state index in [0.29, 0.717) is 4.77 Å². The number of rotatable bonds is 2. The Morgan fingerprint density at radius 3 is 2.79 bits per heavy atom. The zero-order valence-electron chi connectivity index (χ0n) is 11.3. The number of fused-ring (bicyclic) bond motifs is 1. The van der Waals surface area contributed by atoms with Crippen LogP contribution in [0.4, 0.5) is 0 Å². The maximum Gasteiger partial charge on any atom is 0.184 e. The third-order valence-electron chi connectivity index (χ3n) is 3.31. The van der Waals surface area contributed by atoms with Crippen molar-refractivity contribution in [1.82, 2.24) is 19.3 Å². The van der Waals surface area contributed by atoms with Crippen LogP contribution >= 0.6 is 12.2 Å². The van der Waals surface area contributed by atoms with Gasteiger partial charge in [0, 0.05) is 6.54 Å². The van der Waals surface area contributed by atoms with Crippen molar-refractivity contribution in [3.63, 3.8) is 0 Å². The first-order chi connectivity index (χ1) is 9.11. The van der Waals surface area contributed by atoms with E-state index in [0.717, 1.165) is 29.1 Å². The number of nitrogens with zero attached hydrogens (tertiary/aromatic N) is 3. The van der Waals surface area contributed by atoms with E-state index in [2.05, 4.69) is 46.7 Å². The van der Waals surface area contributed by atoms with Crippen LogP contribution in [0.2, 0.25) is 0 Å². The summed E-state index contributed by atoms with van der Waals surface area (Å²) in [5.74, 6) is 0. The van der Waals surface area contributed by atoms with Crippen LogP contribution in [0.25, 0.3) is 16.9 Å². The molecular formula is C14H16N4S. The maximum atomic E-state index is 5.47. The Labute approximate surface area is 116 Å². The molecule has 0 saturated carbocycles. The zero-order chi connectivity index (χ0) is 13.6. The van der Waals surface area contributed by atoms with Gasteiger partial charge in [-0.25, -0.2) is 4.68 Å². The van der Waals surface area contributed by atoms with Gasteiger partial charge in [-0.15, -0.1) is 0 Å². The summed E-state index contributed by atoms with van der Waals surface area (Å²) in [6.07, 6.45) is 0. The highest BCUT2D eigenvalue weighted by atomic mass is 32.1. The molecule has 19 heavy (non-hydrogen) atoms. The van der Waals surface area contributed by atoms with Crippen molar-refractivity contribution in [2.75, 3.05) is 0 Å². The van der Waals surface area contributed by atoms with E-state index in [9.17, 15) is 0 Å². The first kappa shape index (κ1) is 12.2. The van der Waals surface area contributed by atoms with Gasteiger partial charge in [0.15, 0.2) is 10.4 Å². The van der Waals surface area contributed by atoms with Crippen LogP contribution in [-0.2, 0) is 6.54 Å². The van der Waals surface area contributed by atoms with E-state index < -0.39 is 0 Å². The first-order valence-corrected chi connectivity index (χ1v) is 6.78. The molecule has 3 rings (SSSR count). The van der Waals surface area contributed by atoms with Crippen LogP contribution in [0.15, 0.2) is 24.3 Å². The van der Waals surface area contributed by atoms with Crippen molar-refractivity contribution in [2.45, 2.75) is 27.3 Å². The Kier molecular flexibility index (Phi) is 2.78. The summed E-state index contributed by atoms with van der Waals surface area (Å²) in [7, 11) is 0. The van der Waals surface area contributed by atoms with Crippen molar-refractivity contribution in [3.05, 3.63) is 40.3 Å². The lowest BCUT2D eigenvalue weighted by molar-refractivity contribution is 0.661. The van der Waals surface area contributed by atoms with Crippen molar-refractivity contribution >= 4 is 23.4 Å². The molecule has 0 radical (unpaired) electrons. The molecular weight excluding hydrogens is 256 g/mol. The summed E-state index contributed by atoms with van der Waals surface area (Å²) in [6, 6.07) is 8.33. The predicted molar refractivity (Wildman–Crippen MR) is 79.4 cm³/mol. The van der Waals surface area contributed by atoms with Crippen LogP contribution in [0.1, 0.15) is 18.2 Å². The summed E-state index contributed by atoms with van der Waals surface area (Å²) < 4.78 is 4.75. The molecule has 0 saturated heterocycles. The van der Waals surface area contributed by atoms with Crippen LogP contribution in [0, 0.1) is 18.6 Å². The van der Waals surface area contributed by atoms with Gasteiger partial charge in [-0.1, -0.05) is 12.1 Å². The van der Waals surface area contributed by atoms with E-state index in [1.807, 2.05) is 17.7 Å². The average Bonchev–Trinajstić information content (AvgIpc) is 2.86. The number of imidazole rings is 1. The highest BCUT2D eigenvalue weighted by Gasteiger charge is 2.14. The molecule has 0 aliphatic carbocycles. The molecule has 0 bridgehead atoms. The number of aromatic nitrogens is 4. The molecule has 2 aromatic heterocycles. The number of aryl methyl sites for hydroxylation is 3. The lowest BCUT2D eigenvalue weighted by atomic mass is 10.2. The Bertz CT molecular complexity index is 807. The van der Waals surface area contributed by atoms with Gasteiger partial charge in [-0.05, 0) is 50.7 Å². The third kappa shape index (κ3) is 1.81. The average molecular weight is 272 g/mol. The third-order valence-corrected chi connectivity index (χ3v) is 3.59. The van der Waals surface area contributed by atoms with Crippen LogP contribution in [0.5, 0.6) is 0 Å². The number of H-pyrrole nitrogens is 1. The minimum absolute atomic E-state index is 0.711. The zero-order valence-corrected chi connectivity index (χ0v) is 12.1. The molecule has 1 N–H and O–H groups in total. The molecule has 3 aromatic rings. The molecule has 0 unspecified atom stereocenters. The first-order valence-electron chi connectivity index (χ1n) is 6.37. The van der Waals surface area contributed by atoms with E-state index >= 15 is 0 Å². The van der Waals surface area contributed by atoms with Gasteiger partial charge in [0.05, 0.1) is 11.4 Å². The lowest BCUT2D eigenvalue weighted by Gasteiger charge is -2.06. The molecule has 0 aliphatic rings. The second-order valence-electron chi connectivity index (χ2n) is 4.70. The second kappa shape index (κ2) is 4.35. The number of hydrogen-bond acceptors (Lipinski definition) is 2. The van der Waals surface area contributed by atoms with E-state index in [1.54, 1.807) is 0 Å². The highest BCUT2D eigenvalue weighted by Crippen LogP contribution is 2.22. The summed E-state index contributed by atoms with van der Waals surface area (Å²) in [4.78, 5) is 3.26. The quantitative estimate of drug-likeness (QED) is 0.725. The van der Waals surface area contributed by atoms with Crippen LogP contribution < -0.4 is 0 Å². The molecule has 0 aliphatic heterocycles. The number of benzene rings is 1. The summed E-state index contributed by atoms with van der Waals surface area (Å²) in [5, 5.41) is 4.54. The molecule has 1 aromatic carbocycles. The largest absolute Gasteiger partial charge is 0.327 e. The maximum absolute atomic E-state index is 5.47. The minimum Gasteiger partial charge on any atom is -0.327 e. The number of aromatic amines is 1. The van der Waals surface area contributed by atoms with Gasteiger partial charge in [0.2, 0.25) is 0 Å². The fourth-order valence-corrected chi connectivity index (χ4v) is 2.72. The Morgan fingerprint density at radius 1 is 1.32 bits per heavy atom. The monoisotopic (exact) mass is 272 g/mol. The summed E-state index contributed by atoms with van der Waals surface area (Å²) >= 11 is 5.47. The summed E-state index contributed by atoms with van der Waals surface area (Å²) in [5.41, 5.74) is 5.33. The number of hydrogen-bond donors (Lipinski definition) is 1. The van der Waals surface area contributed by atoms with E-state index in [4.69, 9.17) is 12.2 Å². The van der Waals surface area contributed by atoms with Gasteiger partial charge in [0.25, 0.3) is 0 Å². The SMILES string of the molecule is CCn1nc(C)c2[nH]c(=S)n(-c3cccc(C)c3)c21.